The summed E-state index contributed by atoms with van der Waals surface area (Å²) in [6.07, 6.45) is -4.86. The van der Waals surface area contributed by atoms with Crippen LogP contribution in [-0.2, 0) is 4.79 Å². The molecule has 1 saturated heterocycles. The Morgan fingerprint density at radius 3 is 2.38 bits per heavy atom. The molecule has 1 fully saturated rings. The molecule has 3 nitrogen and oxygen atoms in total. The highest BCUT2D eigenvalue weighted by molar-refractivity contribution is 6.23. The lowest BCUT2D eigenvalue weighted by molar-refractivity contribution is -0.150. The van der Waals surface area contributed by atoms with E-state index < -0.39 is 35.1 Å². The lowest BCUT2D eigenvalue weighted by Gasteiger charge is -2.19. The largest absolute Gasteiger partial charge is 0.405 e. The number of likely N-dealkylation sites (tertiary alicyclic amines) is 1. The van der Waals surface area contributed by atoms with E-state index in [0.29, 0.717) is 0 Å². The Morgan fingerprint density at radius 2 is 1.86 bits per heavy atom. The van der Waals surface area contributed by atoms with Gasteiger partial charge in [0.25, 0.3) is 5.91 Å². The molecule has 2 amide bonds. The molecule has 2 atom stereocenters. The van der Waals surface area contributed by atoms with Gasteiger partial charge in [-0.25, -0.2) is 4.39 Å². The predicted octanol–water partition coefficient (Wildman–Crippen LogP) is 2.98. The van der Waals surface area contributed by atoms with Crippen molar-refractivity contribution in [2.45, 2.75) is 18.0 Å². The van der Waals surface area contributed by atoms with Gasteiger partial charge in [0.1, 0.15) is 11.2 Å². The number of rotatable bonds is 2. The number of carbonyl (C=O) groups excluding carboxylic acids is 2. The molecule has 2 rings (SSSR count). The van der Waals surface area contributed by atoms with Crippen LogP contribution in [0.15, 0.2) is 24.3 Å². The second-order valence-electron chi connectivity index (χ2n) is 4.64. The molecule has 0 saturated carbocycles. The van der Waals surface area contributed by atoms with Crippen molar-refractivity contribution >= 4 is 23.4 Å². The van der Waals surface area contributed by atoms with Crippen LogP contribution in [0.2, 0.25) is 0 Å². The predicted molar refractivity (Wildman–Crippen MR) is 66.2 cm³/mol. The first-order chi connectivity index (χ1) is 9.71. The van der Waals surface area contributed by atoms with E-state index in [-0.39, 0.29) is 18.5 Å². The number of alkyl halides is 4. The van der Waals surface area contributed by atoms with Gasteiger partial charge in [0.15, 0.2) is 0 Å². The minimum absolute atomic E-state index is 0.0310. The number of imide groups is 1. The van der Waals surface area contributed by atoms with Crippen molar-refractivity contribution in [1.82, 2.24) is 4.90 Å². The fourth-order valence-corrected chi connectivity index (χ4v) is 2.39. The first-order valence-electron chi connectivity index (χ1n) is 6.04. The molecule has 0 aliphatic carbocycles. The van der Waals surface area contributed by atoms with Crippen LogP contribution in [0.3, 0.4) is 0 Å². The van der Waals surface area contributed by atoms with Crippen LogP contribution in [-0.4, -0.2) is 34.8 Å². The highest BCUT2D eigenvalue weighted by Crippen LogP contribution is 2.36. The van der Waals surface area contributed by atoms with E-state index in [1.54, 1.807) is 0 Å². The van der Waals surface area contributed by atoms with Crippen molar-refractivity contribution in [2.24, 2.45) is 5.92 Å². The van der Waals surface area contributed by atoms with Crippen molar-refractivity contribution in [1.29, 1.82) is 0 Å². The molecule has 1 aliphatic rings. The number of halogens is 5. The van der Waals surface area contributed by atoms with Crippen LogP contribution in [0.4, 0.5) is 17.6 Å². The van der Waals surface area contributed by atoms with Gasteiger partial charge in [-0.2, -0.15) is 13.2 Å². The third-order valence-electron chi connectivity index (χ3n) is 3.25. The Balaban J connectivity index is 2.15. The average Bonchev–Trinajstić information content (AvgIpc) is 2.78. The monoisotopic (exact) mass is 323 g/mol. The highest BCUT2D eigenvalue weighted by atomic mass is 35.5. The van der Waals surface area contributed by atoms with Gasteiger partial charge >= 0.3 is 6.18 Å². The zero-order valence-electron chi connectivity index (χ0n) is 10.5. The maximum absolute atomic E-state index is 12.8. The van der Waals surface area contributed by atoms with Crippen LogP contribution in [0.5, 0.6) is 0 Å². The highest BCUT2D eigenvalue weighted by Gasteiger charge is 2.50. The van der Waals surface area contributed by atoms with E-state index in [2.05, 4.69) is 0 Å². The Morgan fingerprint density at radius 1 is 1.29 bits per heavy atom. The van der Waals surface area contributed by atoms with Gasteiger partial charge in [0.2, 0.25) is 5.91 Å². The summed E-state index contributed by atoms with van der Waals surface area (Å²) in [5.41, 5.74) is 0.0310. The van der Waals surface area contributed by atoms with Crippen LogP contribution in [0.1, 0.15) is 16.8 Å². The molecule has 1 aromatic carbocycles. The molecule has 0 N–H and O–H groups in total. The third-order valence-corrected chi connectivity index (χ3v) is 3.80. The van der Waals surface area contributed by atoms with Crippen molar-refractivity contribution in [2.75, 3.05) is 6.54 Å². The van der Waals surface area contributed by atoms with Gasteiger partial charge in [0.05, 0.1) is 5.92 Å². The SMILES string of the molecule is O=C(c1ccc(F)cc1)N1CCC(C(Cl)C(F)(F)F)C1=O. The summed E-state index contributed by atoms with van der Waals surface area (Å²) in [7, 11) is 0. The molecule has 1 aromatic rings. The molecule has 0 bridgehead atoms. The summed E-state index contributed by atoms with van der Waals surface area (Å²) in [6, 6.07) is 4.40. The molecule has 21 heavy (non-hydrogen) atoms. The van der Waals surface area contributed by atoms with Gasteiger partial charge in [-0.1, -0.05) is 0 Å². The fraction of sp³-hybridized carbons (Fsp3) is 0.385. The average molecular weight is 324 g/mol. The quantitative estimate of drug-likeness (QED) is 0.477. The zero-order chi connectivity index (χ0) is 15.8. The zero-order valence-corrected chi connectivity index (χ0v) is 11.3. The summed E-state index contributed by atoms with van der Waals surface area (Å²) in [4.78, 5) is 24.7. The second kappa shape index (κ2) is 5.63. The van der Waals surface area contributed by atoms with Gasteiger partial charge in [-0.3, -0.25) is 14.5 Å². The van der Waals surface area contributed by atoms with Crippen LogP contribution >= 0.6 is 11.6 Å². The van der Waals surface area contributed by atoms with E-state index in [4.69, 9.17) is 11.6 Å². The first kappa shape index (κ1) is 15.8. The maximum atomic E-state index is 12.8. The van der Waals surface area contributed by atoms with Crippen molar-refractivity contribution < 1.29 is 27.2 Å². The second-order valence-corrected chi connectivity index (χ2v) is 5.11. The van der Waals surface area contributed by atoms with E-state index >= 15 is 0 Å². The minimum atomic E-state index is -4.71. The third kappa shape index (κ3) is 3.18. The van der Waals surface area contributed by atoms with Gasteiger partial charge in [-0.15, -0.1) is 11.6 Å². The molecular weight excluding hydrogens is 314 g/mol. The summed E-state index contributed by atoms with van der Waals surface area (Å²) in [6.45, 7) is -0.140. The van der Waals surface area contributed by atoms with E-state index in [1.165, 1.54) is 12.1 Å². The smallest absolute Gasteiger partial charge is 0.278 e. The lowest BCUT2D eigenvalue weighted by atomic mass is 10.0. The van der Waals surface area contributed by atoms with Crippen molar-refractivity contribution in [3.63, 3.8) is 0 Å². The lowest BCUT2D eigenvalue weighted by Crippen LogP contribution is -2.39. The Bertz CT molecular complexity index is 558. The molecule has 8 heteroatoms. The number of carbonyl (C=O) groups is 2. The number of nitrogens with zero attached hydrogens (tertiary/aromatic N) is 1. The number of benzene rings is 1. The first-order valence-corrected chi connectivity index (χ1v) is 6.47. The van der Waals surface area contributed by atoms with Crippen LogP contribution in [0, 0.1) is 11.7 Å². The fourth-order valence-electron chi connectivity index (χ4n) is 2.15. The Labute approximate surface area is 122 Å². The molecule has 2 unspecified atom stereocenters. The molecule has 0 spiro atoms. The van der Waals surface area contributed by atoms with Crippen LogP contribution < -0.4 is 0 Å². The molecule has 114 valence electrons. The summed E-state index contributed by atoms with van der Waals surface area (Å²) >= 11 is 5.26. The molecule has 0 aromatic heterocycles. The molecule has 1 heterocycles. The number of hydrogen-bond acceptors (Lipinski definition) is 2. The minimum Gasteiger partial charge on any atom is -0.278 e. The molecular formula is C13H10ClF4NO2. The summed E-state index contributed by atoms with van der Waals surface area (Å²) in [5, 5.41) is -2.32. The topological polar surface area (TPSA) is 37.4 Å². The van der Waals surface area contributed by atoms with Crippen LogP contribution in [0.25, 0.3) is 0 Å². The maximum Gasteiger partial charge on any atom is 0.405 e. The number of hydrogen-bond donors (Lipinski definition) is 0. The standard InChI is InChI=1S/C13H10ClF4NO2/c14-10(13(16,17)18)9-5-6-19(12(9)21)11(20)7-1-3-8(15)4-2-7/h1-4,9-10H,5-6H2. The molecule has 1 aliphatic heterocycles. The van der Waals surface area contributed by atoms with Gasteiger partial charge in [-0.05, 0) is 30.7 Å². The Hall–Kier alpha value is -1.63. The van der Waals surface area contributed by atoms with E-state index in [9.17, 15) is 27.2 Å². The Kier molecular flexibility index (Phi) is 4.22. The van der Waals surface area contributed by atoms with Crippen molar-refractivity contribution in [3.05, 3.63) is 35.6 Å². The van der Waals surface area contributed by atoms with E-state index in [0.717, 1.165) is 17.0 Å². The van der Waals surface area contributed by atoms with Gasteiger partial charge < -0.3 is 0 Å². The van der Waals surface area contributed by atoms with Crippen molar-refractivity contribution in [3.8, 4) is 0 Å². The number of amides is 2. The molecule has 0 radical (unpaired) electrons. The van der Waals surface area contributed by atoms with Gasteiger partial charge in [0, 0.05) is 12.1 Å². The van der Waals surface area contributed by atoms with E-state index in [1.807, 2.05) is 0 Å². The summed E-state index contributed by atoms with van der Waals surface area (Å²) < 4.78 is 50.4. The normalized spacial score (nSPS) is 20.7. The summed E-state index contributed by atoms with van der Waals surface area (Å²) in [5.74, 6) is -3.75.